The topological polar surface area (TPSA) is 38.8 Å². The molecule has 3 atom stereocenters. The minimum absolute atomic E-state index is 0.000730. The summed E-state index contributed by atoms with van der Waals surface area (Å²) in [7, 11) is 1.25. The second-order valence-corrected chi connectivity index (χ2v) is 11.6. The molecule has 0 radical (unpaired) electrons. The van der Waals surface area contributed by atoms with Crippen molar-refractivity contribution in [3.05, 3.63) is 87.7 Å². The zero-order valence-electron chi connectivity index (χ0n) is 24.5. The lowest BCUT2D eigenvalue weighted by Gasteiger charge is -2.38. The van der Waals surface area contributed by atoms with E-state index in [2.05, 4.69) is 0 Å². The molecule has 2 heterocycles. The van der Waals surface area contributed by atoms with E-state index in [-0.39, 0.29) is 59.3 Å². The Morgan fingerprint density at radius 2 is 1.41 bits per heavy atom. The van der Waals surface area contributed by atoms with Crippen LogP contribution in [-0.4, -0.2) is 24.1 Å². The molecule has 2 fully saturated rings. The van der Waals surface area contributed by atoms with Crippen LogP contribution in [0.1, 0.15) is 84.6 Å². The summed E-state index contributed by atoms with van der Waals surface area (Å²) in [6, 6.07) is 4.06. The number of alkyl halides is 9. The molecule has 0 bridgehead atoms. The Hall–Kier alpha value is -3.97. The summed E-state index contributed by atoms with van der Waals surface area (Å²) in [5, 5.41) is 0. The number of halogens is 10. The predicted octanol–water partition coefficient (Wildman–Crippen LogP) is 10.5. The number of carbonyl (C=O) groups is 1. The Morgan fingerprint density at radius 1 is 0.804 bits per heavy atom. The Morgan fingerprint density at radius 3 is 1.96 bits per heavy atom. The van der Waals surface area contributed by atoms with Crippen molar-refractivity contribution in [3.63, 3.8) is 0 Å². The Balaban J connectivity index is 1.66. The second-order valence-electron chi connectivity index (χ2n) is 11.6. The van der Waals surface area contributed by atoms with Crippen molar-refractivity contribution in [2.75, 3.05) is 7.11 Å². The lowest BCUT2D eigenvalue weighted by Crippen LogP contribution is -2.41. The number of carbonyl (C=O) groups excluding carboxylic acids is 1. The smallest absolute Gasteiger partial charge is 0.416 e. The lowest BCUT2D eigenvalue weighted by atomic mass is 9.83. The van der Waals surface area contributed by atoms with Gasteiger partial charge in [0.15, 0.2) is 0 Å². The fourth-order valence-corrected chi connectivity index (χ4v) is 6.23. The number of amides is 1. The number of fused-ring (bicyclic) bond motifs is 1. The van der Waals surface area contributed by atoms with Gasteiger partial charge in [0.2, 0.25) is 0 Å². The van der Waals surface area contributed by atoms with Gasteiger partial charge in [0.1, 0.15) is 17.7 Å². The SMILES string of the molecule is COc1cc(F)c(C(C)C)cc1-c1ccc(C(F)(F)F)cc1[C@@H]1CCCC2[C@@H](c3cc(C(F)(F)F)cc(C(F)(F)F)c3)OC(=O)N21. The molecule has 5 rings (SSSR count). The highest BCUT2D eigenvalue weighted by atomic mass is 19.4. The minimum atomic E-state index is -5.15. The Labute approximate surface area is 256 Å². The molecule has 3 aromatic carbocycles. The van der Waals surface area contributed by atoms with Crippen LogP contribution in [0.4, 0.5) is 48.7 Å². The van der Waals surface area contributed by atoms with Gasteiger partial charge in [-0.15, -0.1) is 0 Å². The molecule has 14 heteroatoms. The van der Waals surface area contributed by atoms with E-state index >= 15 is 0 Å². The normalized spacial score (nSPS) is 20.6. The van der Waals surface area contributed by atoms with E-state index in [0.29, 0.717) is 12.1 Å². The van der Waals surface area contributed by atoms with Gasteiger partial charge in [-0.2, -0.15) is 39.5 Å². The quantitative estimate of drug-likeness (QED) is 0.255. The van der Waals surface area contributed by atoms with Crippen LogP contribution in [0.25, 0.3) is 11.1 Å². The average molecular weight is 664 g/mol. The lowest BCUT2D eigenvalue weighted by molar-refractivity contribution is -0.143. The fourth-order valence-electron chi connectivity index (χ4n) is 6.23. The van der Waals surface area contributed by atoms with Gasteiger partial charge in [-0.25, -0.2) is 9.18 Å². The van der Waals surface area contributed by atoms with Crippen LogP contribution in [0.15, 0.2) is 48.5 Å². The number of benzene rings is 3. The van der Waals surface area contributed by atoms with Gasteiger partial charge in [-0.05, 0) is 83.8 Å². The van der Waals surface area contributed by atoms with Crippen molar-refractivity contribution in [1.82, 2.24) is 4.90 Å². The first-order chi connectivity index (χ1) is 21.3. The van der Waals surface area contributed by atoms with Crippen molar-refractivity contribution < 1.29 is 58.2 Å². The molecule has 248 valence electrons. The van der Waals surface area contributed by atoms with Gasteiger partial charge >= 0.3 is 24.6 Å². The number of cyclic esters (lactones) is 1. The van der Waals surface area contributed by atoms with Gasteiger partial charge in [-0.1, -0.05) is 19.9 Å². The Bertz CT molecular complexity index is 1610. The van der Waals surface area contributed by atoms with Crippen LogP contribution in [-0.2, 0) is 23.3 Å². The maximum Gasteiger partial charge on any atom is 0.416 e. The van der Waals surface area contributed by atoms with Crippen molar-refractivity contribution in [2.24, 2.45) is 0 Å². The second kappa shape index (κ2) is 11.7. The van der Waals surface area contributed by atoms with Crippen LogP contribution < -0.4 is 4.74 Å². The van der Waals surface area contributed by atoms with E-state index < -0.39 is 70.9 Å². The summed E-state index contributed by atoms with van der Waals surface area (Å²) in [5.74, 6) is -0.933. The molecule has 1 unspecified atom stereocenters. The molecule has 0 spiro atoms. The number of nitrogens with zero attached hydrogens (tertiary/aromatic N) is 1. The van der Waals surface area contributed by atoms with Crippen molar-refractivity contribution in [1.29, 1.82) is 0 Å². The molecule has 0 aliphatic carbocycles. The monoisotopic (exact) mass is 663 g/mol. The van der Waals surface area contributed by atoms with Crippen molar-refractivity contribution in [3.8, 4) is 16.9 Å². The van der Waals surface area contributed by atoms with Crippen LogP contribution >= 0.6 is 0 Å². The van der Waals surface area contributed by atoms with E-state index in [9.17, 15) is 48.7 Å². The van der Waals surface area contributed by atoms with E-state index in [1.54, 1.807) is 13.8 Å². The molecule has 2 saturated heterocycles. The number of methoxy groups -OCH3 is 1. The van der Waals surface area contributed by atoms with Gasteiger partial charge in [0.05, 0.1) is 35.9 Å². The van der Waals surface area contributed by atoms with E-state index in [1.165, 1.54) is 19.2 Å². The number of hydrogen-bond acceptors (Lipinski definition) is 3. The summed E-state index contributed by atoms with van der Waals surface area (Å²) in [6.45, 7) is 3.43. The van der Waals surface area contributed by atoms with Crippen LogP contribution in [0, 0.1) is 5.82 Å². The van der Waals surface area contributed by atoms with Gasteiger partial charge < -0.3 is 9.47 Å². The van der Waals surface area contributed by atoms with Crippen LogP contribution in [0.2, 0.25) is 0 Å². The third kappa shape index (κ3) is 6.22. The molecular formula is C32H27F10NO3. The minimum Gasteiger partial charge on any atom is -0.496 e. The molecule has 1 amide bonds. The molecule has 0 N–H and O–H groups in total. The van der Waals surface area contributed by atoms with Gasteiger partial charge in [0.25, 0.3) is 0 Å². The fraction of sp³-hybridized carbons (Fsp3) is 0.406. The average Bonchev–Trinajstić information content (AvgIpc) is 3.31. The van der Waals surface area contributed by atoms with Crippen molar-refractivity contribution >= 4 is 6.09 Å². The molecule has 2 aliphatic rings. The zero-order valence-corrected chi connectivity index (χ0v) is 24.5. The third-order valence-corrected chi connectivity index (χ3v) is 8.37. The number of rotatable bonds is 5. The van der Waals surface area contributed by atoms with Gasteiger partial charge in [0, 0.05) is 11.6 Å². The highest BCUT2D eigenvalue weighted by Gasteiger charge is 2.50. The van der Waals surface area contributed by atoms with E-state index in [4.69, 9.17) is 9.47 Å². The standard InChI is InChI=1S/C32H27F10NO3/c1-15(2)21-13-23(27(45-3)14-24(21)33)20-8-7-17(30(34,35)36)12-22(20)25-5-4-6-26-28(46-29(44)43(25)26)16-9-18(31(37,38)39)11-19(10-16)32(40,41)42/h7-15,25-26,28H,4-6H2,1-3H3/t25-,26?,28+/m0/s1. The van der Waals surface area contributed by atoms with E-state index in [0.717, 1.165) is 23.1 Å². The predicted molar refractivity (Wildman–Crippen MR) is 145 cm³/mol. The summed E-state index contributed by atoms with van der Waals surface area (Å²) in [5.41, 5.74) is -4.16. The summed E-state index contributed by atoms with van der Waals surface area (Å²) in [4.78, 5) is 14.4. The maximum atomic E-state index is 14.9. The molecule has 0 saturated carbocycles. The van der Waals surface area contributed by atoms with Crippen LogP contribution in [0.3, 0.4) is 0 Å². The zero-order chi connectivity index (χ0) is 33.9. The maximum absolute atomic E-state index is 14.9. The molecular weight excluding hydrogens is 636 g/mol. The number of hydrogen-bond donors (Lipinski definition) is 0. The highest BCUT2D eigenvalue weighted by Crippen LogP contribution is 2.50. The molecule has 4 nitrogen and oxygen atoms in total. The summed E-state index contributed by atoms with van der Waals surface area (Å²) >= 11 is 0. The highest BCUT2D eigenvalue weighted by molar-refractivity contribution is 5.78. The molecule has 0 aromatic heterocycles. The molecule has 2 aliphatic heterocycles. The first-order valence-electron chi connectivity index (χ1n) is 14.2. The molecule has 3 aromatic rings. The number of ether oxygens (including phenoxy) is 2. The van der Waals surface area contributed by atoms with Gasteiger partial charge in [-0.3, -0.25) is 4.90 Å². The molecule has 46 heavy (non-hydrogen) atoms. The largest absolute Gasteiger partial charge is 0.496 e. The summed E-state index contributed by atoms with van der Waals surface area (Å²) in [6.07, 6.45) is -17.3. The summed E-state index contributed by atoms with van der Waals surface area (Å²) < 4.78 is 149. The first kappa shape index (κ1) is 33.4. The van der Waals surface area contributed by atoms with E-state index in [1.807, 2.05) is 0 Å². The third-order valence-electron chi connectivity index (χ3n) is 8.37. The number of piperidine rings is 1. The first-order valence-corrected chi connectivity index (χ1v) is 14.2. The van der Waals surface area contributed by atoms with Crippen LogP contribution in [0.5, 0.6) is 5.75 Å². The van der Waals surface area contributed by atoms with Crippen molar-refractivity contribution in [2.45, 2.75) is 75.7 Å². The Kier molecular flexibility index (Phi) is 8.48.